The van der Waals surface area contributed by atoms with Crippen molar-refractivity contribution >= 4 is 5.78 Å². The van der Waals surface area contributed by atoms with Crippen LogP contribution >= 0.6 is 0 Å². The van der Waals surface area contributed by atoms with Gasteiger partial charge in [-0.05, 0) is 49.1 Å². The summed E-state index contributed by atoms with van der Waals surface area (Å²) in [6, 6.07) is 13.9. The van der Waals surface area contributed by atoms with Crippen LogP contribution in [0.5, 0.6) is 11.5 Å². The molecular formula is C20H22O3. The van der Waals surface area contributed by atoms with Gasteiger partial charge >= 0.3 is 0 Å². The number of carbonyl (C=O) groups excluding carboxylic acids is 1. The lowest BCUT2D eigenvalue weighted by Gasteiger charge is -2.36. The van der Waals surface area contributed by atoms with E-state index in [9.17, 15) is 4.79 Å². The van der Waals surface area contributed by atoms with E-state index in [0.717, 1.165) is 17.5 Å². The first-order valence-corrected chi connectivity index (χ1v) is 7.83. The van der Waals surface area contributed by atoms with Crippen molar-refractivity contribution in [1.82, 2.24) is 0 Å². The molecule has 2 aromatic rings. The molecular weight excluding hydrogens is 288 g/mol. The zero-order chi connectivity index (χ0) is 16.6. The Kier molecular flexibility index (Phi) is 3.88. The Labute approximate surface area is 137 Å². The number of rotatable bonds is 3. The van der Waals surface area contributed by atoms with E-state index in [1.165, 1.54) is 5.56 Å². The van der Waals surface area contributed by atoms with Crippen LogP contribution in [0.15, 0.2) is 42.5 Å². The van der Waals surface area contributed by atoms with E-state index < -0.39 is 5.41 Å². The summed E-state index contributed by atoms with van der Waals surface area (Å²) in [5.41, 5.74) is 2.84. The van der Waals surface area contributed by atoms with E-state index in [0.29, 0.717) is 11.5 Å². The highest BCUT2D eigenvalue weighted by Gasteiger charge is 2.41. The van der Waals surface area contributed by atoms with Crippen LogP contribution < -0.4 is 9.47 Å². The number of hydrogen-bond acceptors (Lipinski definition) is 3. The molecule has 0 saturated carbocycles. The number of ether oxygens (including phenoxy) is 2. The maximum absolute atomic E-state index is 13.1. The molecule has 120 valence electrons. The van der Waals surface area contributed by atoms with Crippen LogP contribution in [0.1, 0.15) is 36.5 Å². The SMILES string of the molecule is COc1cc(OC)cc(C2Cc3ccccc3C(C)(C)C2=O)c1. The molecule has 0 bridgehead atoms. The van der Waals surface area contributed by atoms with E-state index in [1.54, 1.807) is 14.2 Å². The van der Waals surface area contributed by atoms with Crippen molar-refractivity contribution in [2.24, 2.45) is 0 Å². The van der Waals surface area contributed by atoms with Gasteiger partial charge in [-0.3, -0.25) is 4.79 Å². The lowest BCUT2D eigenvalue weighted by atomic mass is 9.66. The van der Waals surface area contributed by atoms with Crippen molar-refractivity contribution in [1.29, 1.82) is 0 Å². The third-order valence-corrected chi connectivity index (χ3v) is 4.82. The third kappa shape index (κ3) is 2.61. The zero-order valence-electron chi connectivity index (χ0n) is 14.1. The van der Waals surface area contributed by atoms with Gasteiger partial charge in [0.15, 0.2) is 5.78 Å². The topological polar surface area (TPSA) is 35.5 Å². The number of hydrogen-bond donors (Lipinski definition) is 0. The molecule has 0 aliphatic heterocycles. The molecule has 0 radical (unpaired) electrons. The summed E-state index contributed by atoms with van der Waals surface area (Å²) < 4.78 is 10.7. The molecule has 0 N–H and O–H groups in total. The monoisotopic (exact) mass is 310 g/mol. The normalized spacial score (nSPS) is 19.1. The smallest absolute Gasteiger partial charge is 0.150 e. The molecule has 3 nitrogen and oxygen atoms in total. The second-order valence-electron chi connectivity index (χ2n) is 6.55. The molecule has 1 aliphatic rings. The van der Waals surface area contributed by atoms with Crippen molar-refractivity contribution in [2.75, 3.05) is 14.2 Å². The fourth-order valence-electron chi connectivity index (χ4n) is 3.49. The highest BCUT2D eigenvalue weighted by Crippen LogP contribution is 2.42. The Morgan fingerprint density at radius 3 is 2.22 bits per heavy atom. The van der Waals surface area contributed by atoms with Crippen molar-refractivity contribution in [2.45, 2.75) is 31.6 Å². The first kappa shape index (κ1) is 15.6. The van der Waals surface area contributed by atoms with Crippen LogP contribution in [-0.4, -0.2) is 20.0 Å². The number of ketones is 1. The molecule has 1 unspecified atom stereocenters. The number of fused-ring (bicyclic) bond motifs is 1. The van der Waals surface area contributed by atoms with E-state index in [1.807, 2.05) is 44.2 Å². The highest BCUT2D eigenvalue weighted by atomic mass is 16.5. The van der Waals surface area contributed by atoms with E-state index in [-0.39, 0.29) is 11.7 Å². The van der Waals surface area contributed by atoms with Crippen LogP contribution in [0.4, 0.5) is 0 Å². The molecule has 23 heavy (non-hydrogen) atoms. The second kappa shape index (κ2) is 5.73. The lowest BCUT2D eigenvalue weighted by Crippen LogP contribution is -2.39. The van der Waals surface area contributed by atoms with Crippen LogP contribution in [-0.2, 0) is 16.6 Å². The largest absolute Gasteiger partial charge is 0.497 e. The Bertz CT molecular complexity index is 724. The summed E-state index contributed by atoms with van der Waals surface area (Å²) in [5.74, 6) is 1.49. The van der Waals surface area contributed by atoms with Crippen LogP contribution in [0.25, 0.3) is 0 Å². The predicted molar refractivity (Wildman–Crippen MR) is 90.5 cm³/mol. The summed E-state index contributed by atoms with van der Waals surface area (Å²) in [6.07, 6.45) is 0.717. The first-order chi connectivity index (χ1) is 11.0. The van der Waals surface area contributed by atoms with Crippen LogP contribution in [0.2, 0.25) is 0 Å². The fourth-order valence-corrected chi connectivity index (χ4v) is 3.49. The van der Waals surface area contributed by atoms with Gasteiger partial charge in [-0.15, -0.1) is 0 Å². The van der Waals surface area contributed by atoms with Crippen molar-refractivity contribution in [3.8, 4) is 11.5 Å². The molecule has 1 atom stereocenters. The van der Waals surface area contributed by atoms with E-state index in [4.69, 9.17) is 9.47 Å². The van der Waals surface area contributed by atoms with Gasteiger partial charge in [0.2, 0.25) is 0 Å². The van der Waals surface area contributed by atoms with Gasteiger partial charge in [0.1, 0.15) is 11.5 Å². The summed E-state index contributed by atoms with van der Waals surface area (Å²) in [6.45, 7) is 4.02. The molecule has 0 spiro atoms. The fraction of sp³-hybridized carbons (Fsp3) is 0.350. The van der Waals surface area contributed by atoms with Gasteiger partial charge in [-0.2, -0.15) is 0 Å². The molecule has 0 heterocycles. The summed E-state index contributed by atoms with van der Waals surface area (Å²) in [7, 11) is 3.25. The molecule has 3 rings (SSSR count). The second-order valence-corrected chi connectivity index (χ2v) is 6.55. The number of Topliss-reactive ketones (excluding diaryl/α,β-unsaturated/α-hetero) is 1. The average molecular weight is 310 g/mol. The van der Waals surface area contributed by atoms with Gasteiger partial charge in [-0.25, -0.2) is 0 Å². The minimum Gasteiger partial charge on any atom is -0.497 e. The zero-order valence-corrected chi connectivity index (χ0v) is 14.1. The maximum Gasteiger partial charge on any atom is 0.150 e. The number of carbonyl (C=O) groups is 1. The minimum absolute atomic E-state index is 0.177. The van der Waals surface area contributed by atoms with Gasteiger partial charge < -0.3 is 9.47 Å². The Balaban J connectivity index is 2.10. The number of methoxy groups -OCH3 is 2. The van der Waals surface area contributed by atoms with Crippen LogP contribution in [0.3, 0.4) is 0 Å². The molecule has 0 aromatic heterocycles. The van der Waals surface area contributed by atoms with Gasteiger partial charge in [0.25, 0.3) is 0 Å². The Hall–Kier alpha value is -2.29. The number of benzene rings is 2. The Morgan fingerprint density at radius 1 is 1.00 bits per heavy atom. The van der Waals surface area contributed by atoms with Gasteiger partial charge in [0, 0.05) is 17.4 Å². The molecule has 2 aromatic carbocycles. The molecule has 3 heteroatoms. The van der Waals surface area contributed by atoms with E-state index in [2.05, 4.69) is 12.1 Å². The highest BCUT2D eigenvalue weighted by molar-refractivity contribution is 5.97. The maximum atomic E-state index is 13.1. The van der Waals surface area contributed by atoms with Crippen molar-refractivity contribution < 1.29 is 14.3 Å². The Morgan fingerprint density at radius 2 is 1.61 bits per heavy atom. The summed E-state index contributed by atoms with van der Waals surface area (Å²) in [5, 5.41) is 0. The van der Waals surface area contributed by atoms with Crippen molar-refractivity contribution in [3.63, 3.8) is 0 Å². The predicted octanol–water partition coefficient (Wildman–Crippen LogP) is 3.89. The molecule has 0 saturated heterocycles. The van der Waals surface area contributed by atoms with Gasteiger partial charge in [0.05, 0.1) is 14.2 Å². The summed E-state index contributed by atoms with van der Waals surface area (Å²) >= 11 is 0. The van der Waals surface area contributed by atoms with Crippen molar-refractivity contribution in [3.05, 3.63) is 59.2 Å². The lowest BCUT2D eigenvalue weighted by molar-refractivity contribution is -0.125. The van der Waals surface area contributed by atoms with E-state index >= 15 is 0 Å². The van der Waals surface area contributed by atoms with Gasteiger partial charge in [-0.1, -0.05) is 24.3 Å². The third-order valence-electron chi connectivity index (χ3n) is 4.82. The summed E-state index contributed by atoms with van der Waals surface area (Å²) in [4.78, 5) is 13.1. The first-order valence-electron chi connectivity index (χ1n) is 7.83. The molecule has 1 aliphatic carbocycles. The minimum atomic E-state index is -0.490. The average Bonchev–Trinajstić information content (AvgIpc) is 2.57. The standard InChI is InChI=1S/C20H22O3/c1-20(2)18-8-6-5-7-13(18)11-17(19(20)21)14-9-15(22-3)12-16(10-14)23-4/h5-10,12,17H,11H2,1-4H3. The quantitative estimate of drug-likeness (QED) is 0.863. The molecule has 0 fully saturated rings. The molecule has 0 amide bonds. The van der Waals surface area contributed by atoms with Crippen LogP contribution in [0, 0.1) is 0 Å².